The van der Waals surface area contributed by atoms with Gasteiger partial charge in [-0.3, -0.25) is 9.69 Å². The van der Waals surface area contributed by atoms with E-state index in [1.807, 2.05) is 17.0 Å². The maximum Gasteiger partial charge on any atom is 0.227 e. The van der Waals surface area contributed by atoms with E-state index in [1.165, 1.54) is 11.1 Å². The lowest BCUT2D eigenvalue weighted by molar-refractivity contribution is -0.118. The van der Waals surface area contributed by atoms with E-state index in [0.29, 0.717) is 18.0 Å². The van der Waals surface area contributed by atoms with Crippen LogP contribution >= 0.6 is 0 Å². The first-order chi connectivity index (χ1) is 14.6. The maximum absolute atomic E-state index is 12.8. The molecule has 0 aliphatic carbocycles. The van der Waals surface area contributed by atoms with E-state index in [2.05, 4.69) is 36.1 Å². The molecular formula is C25H27N3O2. The summed E-state index contributed by atoms with van der Waals surface area (Å²) in [6.45, 7) is 5.87. The third-order valence-corrected chi connectivity index (χ3v) is 7.24. The number of fused-ring (bicyclic) bond motifs is 1. The number of piperidine rings is 1. The number of carbonyl (C=O) groups excluding carboxylic acids is 1. The van der Waals surface area contributed by atoms with Gasteiger partial charge in [-0.2, -0.15) is 5.26 Å². The number of benzene rings is 2. The van der Waals surface area contributed by atoms with Crippen LogP contribution in [0, 0.1) is 16.7 Å². The van der Waals surface area contributed by atoms with Gasteiger partial charge in [0.15, 0.2) is 0 Å². The Kier molecular flexibility index (Phi) is 4.75. The maximum atomic E-state index is 12.8. The summed E-state index contributed by atoms with van der Waals surface area (Å²) in [5, 5.41) is 9.00. The Morgan fingerprint density at radius 1 is 1.13 bits per heavy atom. The lowest BCUT2D eigenvalue weighted by atomic mass is 9.77. The lowest BCUT2D eigenvalue weighted by Gasteiger charge is -2.41. The van der Waals surface area contributed by atoms with E-state index in [4.69, 9.17) is 10.00 Å². The summed E-state index contributed by atoms with van der Waals surface area (Å²) >= 11 is 0. The van der Waals surface area contributed by atoms with Crippen molar-refractivity contribution in [2.75, 3.05) is 31.1 Å². The van der Waals surface area contributed by atoms with Crippen LogP contribution in [-0.2, 0) is 11.2 Å². The number of carbonyl (C=O) groups is 1. The normalized spacial score (nSPS) is 21.3. The standard InChI is InChI=1S/C25H27N3O2/c1-18(21-5-4-20-8-13-30-23(20)14-21)27-11-9-25(10-12-27)15-24(29)28(17-25)22-6-2-19(16-26)3-7-22/h2-7,14,18H,8-13,15,17H2,1H3/t18-/m0/s1. The van der Waals surface area contributed by atoms with Crippen LogP contribution in [0.2, 0.25) is 0 Å². The Bertz CT molecular complexity index is 1000. The van der Waals surface area contributed by atoms with E-state index >= 15 is 0 Å². The summed E-state index contributed by atoms with van der Waals surface area (Å²) in [5.74, 6) is 1.25. The number of ether oxygens (including phenoxy) is 1. The van der Waals surface area contributed by atoms with Crippen LogP contribution in [0.15, 0.2) is 42.5 Å². The number of nitriles is 1. The summed E-state index contributed by atoms with van der Waals surface area (Å²) in [7, 11) is 0. The van der Waals surface area contributed by atoms with Crippen molar-refractivity contribution in [1.82, 2.24) is 4.90 Å². The van der Waals surface area contributed by atoms with Crippen LogP contribution in [0.3, 0.4) is 0 Å². The minimum absolute atomic E-state index is 0.0717. The number of amides is 1. The average Bonchev–Trinajstić information content (AvgIpc) is 3.37. The molecule has 154 valence electrons. The molecule has 3 aliphatic rings. The van der Waals surface area contributed by atoms with Crippen molar-refractivity contribution in [2.24, 2.45) is 5.41 Å². The van der Waals surface area contributed by atoms with E-state index < -0.39 is 0 Å². The highest BCUT2D eigenvalue weighted by Gasteiger charge is 2.45. The van der Waals surface area contributed by atoms with E-state index in [0.717, 1.165) is 56.9 Å². The fraction of sp³-hybridized carbons (Fsp3) is 0.440. The van der Waals surface area contributed by atoms with Gasteiger partial charge in [-0.1, -0.05) is 12.1 Å². The molecule has 0 unspecified atom stereocenters. The average molecular weight is 402 g/mol. The summed E-state index contributed by atoms with van der Waals surface area (Å²) < 4.78 is 5.75. The minimum atomic E-state index is 0.0717. The van der Waals surface area contributed by atoms with Gasteiger partial charge in [0, 0.05) is 31.1 Å². The molecular weight excluding hydrogens is 374 g/mol. The summed E-state index contributed by atoms with van der Waals surface area (Å²) in [6, 6.07) is 16.5. The largest absolute Gasteiger partial charge is 0.493 e. The number of hydrogen-bond acceptors (Lipinski definition) is 4. The number of hydrogen-bond donors (Lipinski definition) is 0. The molecule has 2 saturated heterocycles. The number of likely N-dealkylation sites (tertiary alicyclic amines) is 1. The number of rotatable bonds is 3. The van der Waals surface area contributed by atoms with Crippen molar-refractivity contribution >= 4 is 11.6 Å². The molecule has 2 fully saturated rings. The highest BCUT2D eigenvalue weighted by Crippen LogP contribution is 2.44. The Hall–Kier alpha value is -2.84. The third kappa shape index (κ3) is 3.36. The smallest absolute Gasteiger partial charge is 0.227 e. The topological polar surface area (TPSA) is 56.6 Å². The number of anilines is 1. The predicted octanol–water partition coefficient (Wildman–Crippen LogP) is 4.07. The molecule has 0 saturated carbocycles. The Labute approximate surface area is 177 Å². The molecule has 1 amide bonds. The zero-order valence-electron chi connectivity index (χ0n) is 17.4. The molecule has 2 aromatic rings. The Balaban J connectivity index is 1.25. The van der Waals surface area contributed by atoms with Gasteiger partial charge in [0.25, 0.3) is 0 Å². The van der Waals surface area contributed by atoms with Crippen LogP contribution in [-0.4, -0.2) is 37.0 Å². The molecule has 5 nitrogen and oxygen atoms in total. The third-order valence-electron chi connectivity index (χ3n) is 7.24. The molecule has 5 rings (SSSR count). The molecule has 0 aromatic heterocycles. The molecule has 3 aliphatic heterocycles. The zero-order chi connectivity index (χ0) is 20.7. The highest BCUT2D eigenvalue weighted by atomic mass is 16.5. The van der Waals surface area contributed by atoms with Crippen LogP contribution in [0.4, 0.5) is 5.69 Å². The Morgan fingerprint density at radius 3 is 2.63 bits per heavy atom. The van der Waals surface area contributed by atoms with Gasteiger partial charge >= 0.3 is 0 Å². The van der Waals surface area contributed by atoms with Crippen molar-refractivity contribution in [1.29, 1.82) is 5.26 Å². The van der Waals surface area contributed by atoms with Crippen LogP contribution in [0.1, 0.15) is 48.9 Å². The van der Waals surface area contributed by atoms with Crippen molar-refractivity contribution in [2.45, 2.75) is 38.6 Å². The van der Waals surface area contributed by atoms with E-state index in [1.54, 1.807) is 12.1 Å². The van der Waals surface area contributed by atoms with Crippen molar-refractivity contribution in [3.63, 3.8) is 0 Å². The first kappa shape index (κ1) is 19.1. The van der Waals surface area contributed by atoms with Gasteiger partial charge in [0.1, 0.15) is 5.75 Å². The molecule has 2 aromatic carbocycles. The fourth-order valence-electron chi connectivity index (χ4n) is 5.22. The van der Waals surface area contributed by atoms with Gasteiger partial charge < -0.3 is 9.64 Å². The molecule has 3 heterocycles. The van der Waals surface area contributed by atoms with Crippen LogP contribution in [0.25, 0.3) is 0 Å². The first-order valence-electron chi connectivity index (χ1n) is 10.9. The van der Waals surface area contributed by atoms with E-state index in [9.17, 15) is 4.79 Å². The first-order valence-corrected chi connectivity index (χ1v) is 10.9. The molecule has 1 atom stereocenters. The van der Waals surface area contributed by atoms with Gasteiger partial charge in [0.2, 0.25) is 5.91 Å². The number of nitrogens with zero attached hydrogens (tertiary/aromatic N) is 3. The molecule has 0 radical (unpaired) electrons. The van der Waals surface area contributed by atoms with Gasteiger partial charge in [-0.15, -0.1) is 0 Å². The molecule has 0 N–H and O–H groups in total. The van der Waals surface area contributed by atoms with E-state index in [-0.39, 0.29) is 11.3 Å². The molecule has 0 bridgehead atoms. The second kappa shape index (κ2) is 7.45. The van der Waals surface area contributed by atoms with Gasteiger partial charge in [-0.25, -0.2) is 0 Å². The second-order valence-electron chi connectivity index (χ2n) is 8.99. The van der Waals surface area contributed by atoms with Gasteiger partial charge in [0.05, 0.1) is 18.2 Å². The zero-order valence-corrected chi connectivity index (χ0v) is 17.4. The van der Waals surface area contributed by atoms with Crippen LogP contribution < -0.4 is 9.64 Å². The lowest BCUT2D eigenvalue weighted by Crippen LogP contribution is -2.42. The van der Waals surface area contributed by atoms with Gasteiger partial charge in [-0.05, 0) is 79.7 Å². The molecule has 30 heavy (non-hydrogen) atoms. The van der Waals surface area contributed by atoms with Crippen molar-refractivity contribution in [3.8, 4) is 11.8 Å². The minimum Gasteiger partial charge on any atom is -0.493 e. The summed E-state index contributed by atoms with van der Waals surface area (Å²) in [5.41, 5.74) is 4.23. The summed E-state index contributed by atoms with van der Waals surface area (Å²) in [4.78, 5) is 17.2. The van der Waals surface area contributed by atoms with Crippen LogP contribution in [0.5, 0.6) is 5.75 Å². The Morgan fingerprint density at radius 2 is 1.90 bits per heavy atom. The quantitative estimate of drug-likeness (QED) is 0.778. The summed E-state index contributed by atoms with van der Waals surface area (Å²) in [6.07, 6.45) is 3.72. The van der Waals surface area contributed by atoms with Crippen molar-refractivity contribution in [3.05, 3.63) is 59.2 Å². The molecule has 1 spiro atoms. The highest BCUT2D eigenvalue weighted by molar-refractivity contribution is 5.96. The molecule has 5 heteroatoms. The SMILES string of the molecule is C[C@@H](c1ccc2c(c1)OCC2)N1CCC2(CC1)CC(=O)N(c1ccc(C#N)cc1)C2. The second-order valence-corrected chi connectivity index (χ2v) is 8.99. The van der Waals surface area contributed by atoms with Crippen molar-refractivity contribution < 1.29 is 9.53 Å². The fourth-order valence-corrected chi connectivity index (χ4v) is 5.22. The predicted molar refractivity (Wildman–Crippen MR) is 115 cm³/mol. The monoisotopic (exact) mass is 401 g/mol.